The highest BCUT2D eigenvalue weighted by Crippen LogP contribution is 2.22. The van der Waals surface area contributed by atoms with Crippen LogP contribution in [0.5, 0.6) is 5.75 Å². The molecule has 23 heavy (non-hydrogen) atoms. The summed E-state index contributed by atoms with van der Waals surface area (Å²) in [5, 5.41) is 2.57. The Balaban J connectivity index is 1.71. The molecule has 2 aromatic carbocycles. The van der Waals surface area contributed by atoms with Gasteiger partial charge in [0, 0.05) is 6.61 Å². The third-order valence-corrected chi connectivity index (χ3v) is 3.70. The van der Waals surface area contributed by atoms with Crippen LogP contribution in [0.15, 0.2) is 48.5 Å². The number of halogens is 1. The molecule has 1 amide bonds. The molecule has 1 saturated heterocycles. The van der Waals surface area contributed by atoms with Crippen LogP contribution in [0.3, 0.4) is 0 Å². The normalized spacial score (nSPS) is 17.0. The van der Waals surface area contributed by atoms with Crippen molar-refractivity contribution < 1.29 is 18.7 Å². The van der Waals surface area contributed by atoms with E-state index in [0.29, 0.717) is 17.9 Å². The number of hydrogen-bond acceptors (Lipinski definition) is 3. The van der Waals surface area contributed by atoms with Gasteiger partial charge < -0.3 is 14.8 Å². The third-order valence-electron chi connectivity index (χ3n) is 3.70. The molecule has 4 nitrogen and oxygen atoms in total. The Labute approximate surface area is 134 Å². The van der Waals surface area contributed by atoms with Crippen molar-refractivity contribution in [3.63, 3.8) is 0 Å². The van der Waals surface area contributed by atoms with Crippen molar-refractivity contribution in [1.82, 2.24) is 0 Å². The minimum absolute atomic E-state index is 0.0673. The number of anilines is 1. The first-order chi connectivity index (χ1) is 11.2. The van der Waals surface area contributed by atoms with Crippen molar-refractivity contribution in [3.8, 4) is 5.75 Å². The zero-order valence-electron chi connectivity index (χ0n) is 12.6. The van der Waals surface area contributed by atoms with Gasteiger partial charge in [-0.15, -0.1) is 0 Å². The predicted molar refractivity (Wildman–Crippen MR) is 85.3 cm³/mol. The van der Waals surface area contributed by atoms with E-state index >= 15 is 0 Å². The fourth-order valence-electron chi connectivity index (χ4n) is 2.49. The van der Waals surface area contributed by atoms with Crippen molar-refractivity contribution in [3.05, 3.63) is 59.9 Å². The number of carbonyl (C=O) groups is 1. The minimum Gasteiger partial charge on any atom is -0.490 e. The smallest absolute Gasteiger partial charge is 0.259 e. The molecule has 1 unspecified atom stereocenters. The molecule has 0 aromatic heterocycles. The third kappa shape index (κ3) is 3.87. The molecule has 0 radical (unpaired) electrons. The van der Waals surface area contributed by atoms with Crippen LogP contribution in [0.4, 0.5) is 10.1 Å². The van der Waals surface area contributed by atoms with E-state index in [4.69, 9.17) is 9.47 Å². The monoisotopic (exact) mass is 315 g/mol. The molecule has 0 bridgehead atoms. The highest BCUT2D eigenvalue weighted by molar-refractivity contribution is 6.06. The Kier molecular flexibility index (Phi) is 4.88. The summed E-state index contributed by atoms with van der Waals surface area (Å²) in [6, 6.07) is 13.0. The Bertz CT molecular complexity index is 683. The number of ether oxygens (including phenoxy) is 2. The highest BCUT2D eigenvalue weighted by atomic mass is 19.1. The standard InChI is InChI=1S/C18H18FNO3/c19-15-8-2-3-9-16(15)20-18(21)14-7-1-4-10-17(14)23-12-13-6-5-11-22-13/h1-4,7-10,13H,5-6,11-12H2,(H,20,21). The number of carbonyl (C=O) groups excluding carboxylic acids is 1. The molecule has 0 saturated carbocycles. The van der Waals surface area contributed by atoms with Crippen LogP contribution in [-0.2, 0) is 4.74 Å². The zero-order chi connectivity index (χ0) is 16.1. The quantitative estimate of drug-likeness (QED) is 0.916. The summed E-state index contributed by atoms with van der Waals surface area (Å²) in [6.45, 7) is 1.16. The molecule has 1 N–H and O–H groups in total. The topological polar surface area (TPSA) is 47.6 Å². The van der Waals surface area contributed by atoms with Gasteiger partial charge in [-0.25, -0.2) is 4.39 Å². The molecular formula is C18H18FNO3. The van der Waals surface area contributed by atoms with Crippen LogP contribution in [-0.4, -0.2) is 25.2 Å². The van der Waals surface area contributed by atoms with Crippen LogP contribution in [0, 0.1) is 5.82 Å². The van der Waals surface area contributed by atoms with E-state index in [1.165, 1.54) is 12.1 Å². The van der Waals surface area contributed by atoms with Crippen LogP contribution < -0.4 is 10.1 Å². The maximum atomic E-state index is 13.7. The molecule has 1 heterocycles. The maximum absolute atomic E-state index is 13.7. The molecule has 5 heteroatoms. The molecular weight excluding hydrogens is 297 g/mol. The van der Waals surface area contributed by atoms with E-state index in [1.54, 1.807) is 36.4 Å². The lowest BCUT2D eigenvalue weighted by Crippen LogP contribution is -2.19. The van der Waals surface area contributed by atoms with Crippen LogP contribution in [0.2, 0.25) is 0 Å². The lowest BCUT2D eigenvalue weighted by atomic mass is 10.1. The fourth-order valence-corrected chi connectivity index (χ4v) is 2.49. The largest absolute Gasteiger partial charge is 0.490 e. The molecule has 1 atom stereocenters. The molecule has 0 aliphatic carbocycles. The summed E-state index contributed by atoms with van der Waals surface area (Å²) in [5.74, 6) is -0.409. The first-order valence-corrected chi connectivity index (χ1v) is 7.63. The van der Waals surface area contributed by atoms with Gasteiger partial charge in [0.2, 0.25) is 0 Å². The van der Waals surface area contributed by atoms with Gasteiger partial charge in [0.25, 0.3) is 5.91 Å². The van der Waals surface area contributed by atoms with Gasteiger partial charge in [-0.05, 0) is 37.1 Å². The van der Waals surface area contributed by atoms with Crippen LogP contribution >= 0.6 is 0 Å². The highest BCUT2D eigenvalue weighted by Gasteiger charge is 2.18. The van der Waals surface area contributed by atoms with Crippen molar-refractivity contribution >= 4 is 11.6 Å². The molecule has 1 aliphatic rings. The summed E-state index contributed by atoms with van der Waals surface area (Å²) >= 11 is 0. The SMILES string of the molecule is O=C(Nc1ccccc1F)c1ccccc1OCC1CCCO1. The molecule has 120 valence electrons. The van der Waals surface area contributed by atoms with Crippen molar-refractivity contribution in [2.45, 2.75) is 18.9 Å². The first kappa shape index (κ1) is 15.5. The summed E-state index contributed by atoms with van der Waals surface area (Å²) < 4.78 is 24.9. The maximum Gasteiger partial charge on any atom is 0.259 e. The minimum atomic E-state index is -0.474. The Morgan fingerprint density at radius 1 is 1.22 bits per heavy atom. The van der Waals surface area contributed by atoms with Crippen LogP contribution in [0.1, 0.15) is 23.2 Å². The molecule has 0 spiro atoms. The number of benzene rings is 2. The van der Waals surface area contributed by atoms with Crippen molar-refractivity contribution in [1.29, 1.82) is 0 Å². The van der Waals surface area contributed by atoms with E-state index in [0.717, 1.165) is 19.4 Å². The summed E-state index contributed by atoms with van der Waals surface area (Å²) in [6.07, 6.45) is 2.06. The van der Waals surface area contributed by atoms with Gasteiger partial charge in [0.1, 0.15) is 18.2 Å². The lowest BCUT2D eigenvalue weighted by Gasteiger charge is -2.14. The molecule has 2 aromatic rings. The molecule has 1 aliphatic heterocycles. The zero-order valence-corrected chi connectivity index (χ0v) is 12.6. The Morgan fingerprint density at radius 3 is 2.78 bits per heavy atom. The van der Waals surface area contributed by atoms with Crippen molar-refractivity contribution in [2.24, 2.45) is 0 Å². The second kappa shape index (κ2) is 7.24. The number of para-hydroxylation sites is 2. The predicted octanol–water partition coefficient (Wildman–Crippen LogP) is 3.64. The summed E-state index contributed by atoms with van der Waals surface area (Å²) in [7, 11) is 0. The second-order valence-electron chi connectivity index (χ2n) is 5.38. The number of amides is 1. The summed E-state index contributed by atoms with van der Waals surface area (Å²) in [4.78, 5) is 12.4. The number of rotatable bonds is 5. The fraction of sp³-hybridized carbons (Fsp3) is 0.278. The first-order valence-electron chi connectivity index (χ1n) is 7.63. The van der Waals surface area contributed by atoms with Gasteiger partial charge in [0.15, 0.2) is 0 Å². The molecule has 3 rings (SSSR count). The van der Waals surface area contributed by atoms with Crippen LogP contribution in [0.25, 0.3) is 0 Å². The van der Waals surface area contributed by atoms with Gasteiger partial charge >= 0.3 is 0 Å². The Morgan fingerprint density at radius 2 is 2.00 bits per heavy atom. The average Bonchev–Trinajstić information content (AvgIpc) is 3.09. The van der Waals surface area contributed by atoms with Gasteiger partial charge in [-0.3, -0.25) is 4.79 Å². The number of nitrogens with one attached hydrogen (secondary N) is 1. The lowest BCUT2D eigenvalue weighted by molar-refractivity contribution is 0.0673. The van der Waals surface area contributed by atoms with E-state index in [1.807, 2.05) is 0 Å². The summed E-state index contributed by atoms with van der Waals surface area (Å²) in [5.41, 5.74) is 0.514. The second-order valence-corrected chi connectivity index (χ2v) is 5.38. The van der Waals surface area contributed by atoms with E-state index in [9.17, 15) is 9.18 Å². The Hall–Kier alpha value is -2.40. The molecule has 1 fully saturated rings. The van der Waals surface area contributed by atoms with E-state index in [2.05, 4.69) is 5.32 Å². The van der Waals surface area contributed by atoms with Crippen molar-refractivity contribution in [2.75, 3.05) is 18.5 Å². The average molecular weight is 315 g/mol. The van der Waals surface area contributed by atoms with E-state index < -0.39 is 11.7 Å². The number of hydrogen-bond donors (Lipinski definition) is 1. The van der Waals surface area contributed by atoms with Gasteiger partial charge in [-0.1, -0.05) is 24.3 Å². The van der Waals surface area contributed by atoms with Gasteiger partial charge in [0.05, 0.1) is 17.4 Å². The van der Waals surface area contributed by atoms with E-state index in [-0.39, 0.29) is 11.8 Å². The van der Waals surface area contributed by atoms with Gasteiger partial charge in [-0.2, -0.15) is 0 Å².